The van der Waals surface area contributed by atoms with Crippen molar-refractivity contribution in [2.75, 3.05) is 0 Å². The lowest BCUT2D eigenvalue weighted by Crippen LogP contribution is -2.42. The predicted octanol–water partition coefficient (Wildman–Crippen LogP) is 6.15. The smallest absolute Gasteiger partial charge is 0.326 e. The van der Waals surface area contributed by atoms with Crippen LogP contribution in [-0.4, -0.2) is 23.0 Å². The topological polar surface area (TPSA) is 75.6 Å². The molecule has 0 aliphatic heterocycles. The molecule has 0 aromatic heterocycles. The minimum absolute atomic E-state index is 0.150. The molecule has 34 heavy (non-hydrogen) atoms. The minimum atomic E-state index is -1.11. The van der Waals surface area contributed by atoms with Crippen molar-refractivity contribution in [2.45, 2.75) is 19.1 Å². The summed E-state index contributed by atoms with van der Waals surface area (Å²) in [7, 11) is 0. The van der Waals surface area contributed by atoms with Gasteiger partial charge in [0.2, 0.25) is 0 Å². The first-order valence-electron chi connectivity index (χ1n) is 10.6. The van der Waals surface area contributed by atoms with Gasteiger partial charge in [-0.25, -0.2) is 4.79 Å². The number of aliphatic carboxylic acids is 1. The number of halogens is 2. The van der Waals surface area contributed by atoms with Gasteiger partial charge in [-0.2, -0.15) is 0 Å². The molecule has 5 nitrogen and oxygen atoms in total. The molecule has 172 valence electrons. The number of ether oxygens (including phenoxy) is 1. The summed E-state index contributed by atoms with van der Waals surface area (Å²) in [6.45, 7) is 0.150. The van der Waals surface area contributed by atoms with Gasteiger partial charge < -0.3 is 15.2 Å². The highest BCUT2D eigenvalue weighted by Gasteiger charge is 2.24. The molecule has 0 spiro atoms. The van der Waals surface area contributed by atoms with Crippen LogP contribution in [0.1, 0.15) is 21.5 Å². The third-order valence-electron chi connectivity index (χ3n) is 5.38. The second-order valence-corrected chi connectivity index (χ2v) is 8.57. The van der Waals surface area contributed by atoms with Crippen molar-refractivity contribution in [1.29, 1.82) is 0 Å². The molecule has 4 aromatic carbocycles. The van der Waals surface area contributed by atoms with Gasteiger partial charge in [-0.15, -0.1) is 0 Å². The molecular weight excluding hydrogens is 473 g/mol. The van der Waals surface area contributed by atoms with Gasteiger partial charge in [-0.1, -0.05) is 89.9 Å². The van der Waals surface area contributed by atoms with E-state index in [4.69, 9.17) is 27.9 Å². The van der Waals surface area contributed by atoms with Gasteiger partial charge in [0.05, 0.1) is 15.6 Å². The Morgan fingerprint density at radius 2 is 1.59 bits per heavy atom. The summed E-state index contributed by atoms with van der Waals surface area (Å²) in [6.07, 6.45) is 0.162. The zero-order valence-electron chi connectivity index (χ0n) is 18.0. The Labute approximate surface area is 206 Å². The van der Waals surface area contributed by atoms with E-state index >= 15 is 0 Å². The SMILES string of the molecule is O=C(N[C@@H](Cc1ccccc1)C(=O)O)c1ccc2ccccc2c1OCc1ccc(Cl)c(Cl)c1. The molecule has 0 unspecified atom stereocenters. The van der Waals surface area contributed by atoms with Gasteiger partial charge in [0.1, 0.15) is 18.4 Å². The second-order valence-electron chi connectivity index (χ2n) is 7.75. The number of benzene rings is 4. The minimum Gasteiger partial charge on any atom is -0.487 e. The number of amides is 1. The number of hydrogen-bond donors (Lipinski definition) is 2. The van der Waals surface area contributed by atoms with Crippen LogP contribution in [0.4, 0.5) is 0 Å². The second kappa shape index (κ2) is 10.6. The maximum Gasteiger partial charge on any atom is 0.326 e. The number of carbonyl (C=O) groups excluding carboxylic acids is 1. The molecule has 2 N–H and O–H groups in total. The highest BCUT2D eigenvalue weighted by atomic mass is 35.5. The van der Waals surface area contributed by atoms with Crippen LogP contribution < -0.4 is 10.1 Å². The van der Waals surface area contributed by atoms with Gasteiger partial charge in [0.25, 0.3) is 5.91 Å². The van der Waals surface area contributed by atoms with E-state index in [1.807, 2.05) is 60.7 Å². The molecule has 1 amide bonds. The molecular formula is C27H21Cl2NO4. The lowest BCUT2D eigenvalue weighted by atomic mass is 10.0. The molecule has 4 rings (SSSR count). The van der Waals surface area contributed by atoms with Crippen LogP contribution in [0.25, 0.3) is 10.8 Å². The first-order valence-corrected chi connectivity index (χ1v) is 11.3. The first-order chi connectivity index (χ1) is 16.4. The van der Waals surface area contributed by atoms with Crippen LogP contribution in [0, 0.1) is 0 Å². The van der Waals surface area contributed by atoms with Gasteiger partial charge in [-0.05, 0) is 34.7 Å². The van der Waals surface area contributed by atoms with Crippen LogP contribution in [0.5, 0.6) is 5.75 Å². The Morgan fingerprint density at radius 1 is 0.853 bits per heavy atom. The molecule has 0 fully saturated rings. The monoisotopic (exact) mass is 493 g/mol. The van der Waals surface area contributed by atoms with Gasteiger partial charge in [0.15, 0.2) is 0 Å². The largest absolute Gasteiger partial charge is 0.487 e. The molecule has 0 aliphatic carbocycles. The Kier molecular flexibility index (Phi) is 7.36. The Bertz CT molecular complexity index is 1340. The van der Waals surface area contributed by atoms with Gasteiger partial charge >= 0.3 is 5.97 Å². The summed E-state index contributed by atoms with van der Waals surface area (Å²) in [4.78, 5) is 25.1. The van der Waals surface area contributed by atoms with Crippen molar-refractivity contribution in [1.82, 2.24) is 5.32 Å². The molecule has 0 saturated carbocycles. The van der Waals surface area contributed by atoms with E-state index < -0.39 is 17.9 Å². The highest BCUT2D eigenvalue weighted by Crippen LogP contribution is 2.31. The van der Waals surface area contributed by atoms with Gasteiger partial charge in [-0.3, -0.25) is 4.79 Å². The van der Waals surface area contributed by atoms with E-state index in [0.717, 1.165) is 21.9 Å². The molecule has 0 heterocycles. The van der Waals surface area contributed by atoms with E-state index in [2.05, 4.69) is 5.32 Å². The van der Waals surface area contributed by atoms with Crippen LogP contribution in [0.2, 0.25) is 10.0 Å². The van der Waals surface area contributed by atoms with Crippen LogP contribution in [0.3, 0.4) is 0 Å². The number of nitrogens with one attached hydrogen (secondary N) is 1. The molecule has 7 heteroatoms. The summed E-state index contributed by atoms with van der Waals surface area (Å²) in [6, 6.07) is 24.2. The molecule has 0 radical (unpaired) electrons. The third-order valence-corrected chi connectivity index (χ3v) is 6.12. The highest BCUT2D eigenvalue weighted by molar-refractivity contribution is 6.42. The summed E-state index contributed by atoms with van der Waals surface area (Å²) < 4.78 is 6.10. The van der Waals surface area contributed by atoms with E-state index in [1.54, 1.807) is 24.3 Å². The third kappa shape index (κ3) is 5.50. The number of carbonyl (C=O) groups is 2. The zero-order valence-corrected chi connectivity index (χ0v) is 19.5. The Morgan fingerprint density at radius 3 is 2.32 bits per heavy atom. The van der Waals surface area contributed by atoms with Gasteiger partial charge in [0, 0.05) is 11.8 Å². The average molecular weight is 494 g/mol. The normalized spacial score (nSPS) is 11.7. The van der Waals surface area contributed by atoms with Crippen molar-refractivity contribution >= 4 is 45.9 Å². The lowest BCUT2D eigenvalue weighted by Gasteiger charge is -2.18. The number of fused-ring (bicyclic) bond motifs is 1. The van der Waals surface area contributed by atoms with Crippen molar-refractivity contribution < 1.29 is 19.4 Å². The summed E-state index contributed by atoms with van der Waals surface area (Å²) in [5.41, 5.74) is 1.84. The number of rotatable bonds is 8. The fourth-order valence-electron chi connectivity index (χ4n) is 3.65. The Hall–Kier alpha value is -3.54. The summed E-state index contributed by atoms with van der Waals surface area (Å²) >= 11 is 12.1. The van der Waals surface area contributed by atoms with E-state index in [1.165, 1.54) is 0 Å². The Balaban J connectivity index is 1.63. The number of hydrogen-bond acceptors (Lipinski definition) is 3. The van der Waals surface area contributed by atoms with Crippen molar-refractivity contribution in [3.63, 3.8) is 0 Å². The van der Waals surface area contributed by atoms with Crippen molar-refractivity contribution in [3.8, 4) is 5.75 Å². The summed E-state index contributed by atoms with van der Waals surface area (Å²) in [5, 5.41) is 14.8. The van der Waals surface area contributed by atoms with Crippen LogP contribution in [-0.2, 0) is 17.8 Å². The fourth-order valence-corrected chi connectivity index (χ4v) is 3.97. The fraction of sp³-hybridized carbons (Fsp3) is 0.111. The quantitative estimate of drug-likeness (QED) is 0.308. The van der Waals surface area contributed by atoms with E-state index in [-0.39, 0.29) is 18.6 Å². The molecule has 4 aromatic rings. The standard InChI is InChI=1S/C27H21Cl2NO4/c28-22-13-10-18(14-23(22)29)16-34-25-20-9-5-4-8-19(20)11-12-21(25)26(31)30-24(27(32)33)15-17-6-2-1-3-7-17/h1-14,24H,15-16H2,(H,30,31)(H,32,33)/t24-/m0/s1. The molecule has 0 aliphatic rings. The first kappa shape index (κ1) is 23.6. The molecule has 0 saturated heterocycles. The summed E-state index contributed by atoms with van der Waals surface area (Å²) in [5.74, 6) is -1.28. The van der Waals surface area contributed by atoms with E-state index in [9.17, 15) is 14.7 Å². The number of carboxylic acids is 1. The molecule has 0 bridgehead atoms. The lowest BCUT2D eigenvalue weighted by molar-refractivity contribution is -0.139. The average Bonchev–Trinajstić information content (AvgIpc) is 2.84. The zero-order chi connectivity index (χ0) is 24.1. The number of carboxylic acid groups (broad SMARTS) is 1. The van der Waals surface area contributed by atoms with Crippen LogP contribution in [0.15, 0.2) is 84.9 Å². The molecule has 1 atom stereocenters. The maximum absolute atomic E-state index is 13.2. The predicted molar refractivity (Wildman–Crippen MR) is 134 cm³/mol. The maximum atomic E-state index is 13.2. The van der Waals surface area contributed by atoms with E-state index in [0.29, 0.717) is 15.8 Å². The van der Waals surface area contributed by atoms with Crippen molar-refractivity contribution in [2.24, 2.45) is 0 Å². The van der Waals surface area contributed by atoms with Crippen molar-refractivity contribution in [3.05, 3.63) is 112 Å². The van der Waals surface area contributed by atoms with Crippen LogP contribution >= 0.6 is 23.2 Å².